The second kappa shape index (κ2) is 24.4. The fraction of sp³-hybridized carbons (Fsp3) is 0.333. The summed E-state index contributed by atoms with van der Waals surface area (Å²) >= 11 is 12.3. The van der Waals surface area contributed by atoms with Crippen molar-refractivity contribution in [2.75, 3.05) is 13.1 Å². The molecule has 24 heteroatoms. The van der Waals surface area contributed by atoms with E-state index in [1.165, 1.54) is 22.0 Å². The lowest BCUT2D eigenvalue weighted by molar-refractivity contribution is -0.139. The Bertz CT molecular complexity index is 2340. The minimum atomic E-state index is -0.752. The Hall–Kier alpha value is -6.16. The van der Waals surface area contributed by atoms with Gasteiger partial charge < -0.3 is 31.9 Å². The lowest BCUT2D eigenvalue weighted by Crippen LogP contribution is -2.51. The van der Waals surface area contributed by atoms with Gasteiger partial charge in [-0.05, 0) is 118 Å². The predicted octanol–water partition coefficient (Wildman–Crippen LogP) is 2.62. The number of benzene rings is 2. The van der Waals surface area contributed by atoms with Gasteiger partial charge in [0.2, 0.25) is 23.6 Å². The SMILES string of the molecule is Cl.Cl.N[C@H](Cc1ccccn1)C(=O)N1CCC[C@H]1C(=O)NCc1cc(Cl)ccc1-n1cnnn1.N[C@H](Cc1ccccn1)C(=O)N1CCC[C@H]1C(=O)NCc1cc(Cl)ccc1-n1cnnn1. The number of rotatable bonds is 14. The molecule has 348 valence electrons. The summed E-state index contributed by atoms with van der Waals surface area (Å²) in [5.41, 5.74) is 16.7. The zero-order valence-electron chi connectivity index (χ0n) is 35.3. The van der Waals surface area contributed by atoms with Gasteiger partial charge in [-0.3, -0.25) is 29.1 Å². The number of carbonyl (C=O) groups excluding carboxylic acids is 4. The average molecular weight is 983 g/mol. The summed E-state index contributed by atoms with van der Waals surface area (Å²) in [5, 5.41) is 29.3. The molecule has 6 N–H and O–H groups in total. The quantitative estimate of drug-likeness (QED) is 0.122. The Labute approximate surface area is 402 Å². The molecule has 0 radical (unpaired) electrons. The number of tetrazole rings is 2. The van der Waals surface area contributed by atoms with Crippen molar-refractivity contribution in [2.24, 2.45) is 11.5 Å². The highest BCUT2D eigenvalue weighted by Crippen LogP contribution is 2.23. The van der Waals surface area contributed by atoms with Gasteiger partial charge in [-0.1, -0.05) is 35.3 Å². The number of likely N-dealkylation sites (tertiary alicyclic amines) is 2. The lowest BCUT2D eigenvalue weighted by atomic mass is 10.1. The number of hydrogen-bond acceptors (Lipinski definition) is 14. The molecule has 2 fully saturated rings. The second-order valence-corrected chi connectivity index (χ2v) is 16.0. The van der Waals surface area contributed by atoms with Gasteiger partial charge in [0.15, 0.2) is 0 Å². The average Bonchev–Trinajstić information content (AvgIpc) is 4.17. The number of pyridine rings is 2. The molecule has 0 bridgehead atoms. The molecule has 0 aliphatic carbocycles. The van der Waals surface area contributed by atoms with Crippen LogP contribution >= 0.6 is 48.0 Å². The molecule has 8 rings (SSSR count). The molecule has 4 aromatic heterocycles. The van der Waals surface area contributed by atoms with Crippen LogP contribution in [0.4, 0.5) is 0 Å². The van der Waals surface area contributed by atoms with E-state index in [9.17, 15) is 19.2 Å². The first kappa shape index (κ1) is 50.8. The van der Waals surface area contributed by atoms with E-state index >= 15 is 0 Å². The van der Waals surface area contributed by atoms with Crippen molar-refractivity contribution in [3.8, 4) is 11.4 Å². The summed E-state index contributed by atoms with van der Waals surface area (Å²) in [6.07, 6.45) is 9.57. The molecule has 2 aromatic carbocycles. The van der Waals surface area contributed by atoms with E-state index < -0.39 is 24.2 Å². The second-order valence-electron chi connectivity index (χ2n) is 15.1. The summed E-state index contributed by atoms with van der Waals surface area (Å²) in [6, 6.07) is 18.9. The molecule has 4 amide bonds. The molecule has 66 heavy (non-hydrogen) atoms. The standard InChI is InChI=1S/2C21H23ClN8O2.2ClH/c2*22-15-6-7-18(30-13-26-27-28-30)14(10-15)12-25-20(31)19-5-3-9-29(19)21(32)17(23)11-16-4-1-2-8-24-16;;/h2*1-2,4,6-8,10,13,17,19H,3,5,9,11-12,23H2,(H,25,31);2*1H/t2*17-,19+;;/m11../s1. The van der Waals surface area contributed by atoms with Crippen LogP contribution in [-0.2, 0) is 45.1 Å². The van der Waals surface area contributed by atoms with Gasteiger partial charge in [-0.2, -0.15) is 0 Å². The third-order valence-electron chi connectivity index (χ3n) is 10.8. The summed E-state index contributed by atoms with van der Waals surface area (Å²) in [7, 11) is 0. The first-order valence-corrected chi connectivity index (χ1v) is 21.3. The van der Waals surface area contributed by atoms with Crippen LogP contribution in [0.1, 0.15) is 48.2 Å². The van der Waals surface area contributed by atoms with Crippen molar-refractivity contribution in [2.45, 2.75) is 75.8 Å². The van der Waals surface area contributed by atoms with E-state index in [0.717, 1.165) is 35.4 Å². The minimum absolute atomic E-state index is 0. The molecule has 6 aromatic rings. The highest BCUT2D eigenvalue weighted by atomic mass is 35.5. The molecule has 6 heterocycles. The minimum Gasteiger partial charge on any atom is -0.350 e. The maximum Gasteiger partial charge on any atom is 0.243 e. The highest BCUT2D eigenvalue weighted by Gasteiger charge is 2.37. The first-order chi connectivity index (χ1) is 31.0. The Kier molecular flexibility index (Phi) is 18.8. The molecule has 0 spiro atoms. The molecular weight excluding hydrogens is 934 g/mol. The van der Waals surface area contributed by atoms with Gasteiger partial charge in [0, 0.05) is 72.8 Å². The van der Waals surface area contributed by atoms with Crippen LogP contribution in [0.5, 0.6) is 0 Å². The Morgan fingerprint density at radius 3 is 1.42 bits per heavy atom. The molecule has 2 aliphatic heterocycles. The van der Waals surface area contributed by atoms with Gasteiger partial charge >= 0.3 is 0 Å². The van der Waals surface area contributed by atoms with Crippen LogP contribution < -0.4 is 22.1 Å². The normalized spacial score (nSPS) is 16.2. The van der Waals surface area contributed by atoms with Crippen LogP contribution in [0.3, 0.4) is 0 Å². The number of hydrogen-bond donors (Lipinski definition) is 4. The molecule has 20 nitrogen and oxygen atoms in total. The summed E-state index contributed by atoms with van der Waals surface area (Å²) in [6.45, 7) is 1.43. The third-order valence-corrected chi connectivity index (χ3v) is 11.3. The van der Waals surface area contributed by atoms with Gasteiger partial charge in [-0.25, -0.2) is 9.36 Å². The van der Waals surface area contributed by atoms with Crippen LogP contribution in [0.2, 0.25) is 10.0 Å². The first-order valence-electron chi connectivity index (χ1n) is 20.6. The van der Waals surface area contributed by atoms with Crippen LogP contribution in [0.25, 0.3) is 11.4 Å². The zero-order chi connectivity index (χ0) is 45.0. The number of carbonyl (C=O) groups is 4. The molecule has 2 saturated heterocycles. The van der Waals surface area contributed by atoms with E-state index in [2.05, 4.69) is 51.7 Å². The number of aromatic nitrogens is 10. The van der Waals surface area contributed by atoms with Crippen molar-refractivity contribution in [1.29, 1.82) is 0 Å². The zero-order valence-corrected chi connectivity index (χ0v) is 38.5. The van der Waals surface area contributed by atoms with Crippen LogP contribution in [0.15, 0.2) is 97.8 Å². The van der Waals surface area contributed by atoms with Gasteiger partial charge in [0.25, 0.3) is 0 Å². The van der Waals surface area contributed by atoms with E-state index in [0.29, 0.717) is 60.2 Å². The lowest BCUT2D eigenvalue weighted by Gasteiger charge is -2.26. The smallest absolute Gasteiger partial charge is 0.243 e. The number of nitrogens with one attached hydrogen (secondary N) is 2. The van der Waals surface area contributed by atoms with E-state index in [1.54, 1.807) is 58.6 Å². The monoisotopic (exact) mass is 980 g/mol. The fourth-order valence-corrected chi connectivity index (χ4v) is 8.07. The maximum atomic E-state index is 13.0. The van der Waals surface area contributed by atoms with Crippen molar-refractivity contribution in [3.05, 3.63) is 130 Å². The third kappa shape index (κ3) is 13.0. The Balaban J connectivity index is 0.000000240. The Morgan fingerprint density at radius 1 is 0.636 bits per heavy atom. The van der Waals surface area contributed by atoms with Crippen molar-refractivity contribution in [3.63, 3.8) is 0 Å². The van der Waals surface area contributed by atoms with Crippen LogP contribution in [0, 0.1) is 0 Å². The number of amides is 4. The van der Waals surface area contributed by atoms with E-state index in [1.807, 2.05) is 36.4 Å². The van der Waals surface area contributed by atoms with Gasteiger partial charge in [0.1, 0.15) is 24.7 Å². The molecule has 4 atom stereocenters. The van der Waals surface area contributed by atoms with Crippen molar-refractivity contribution < 1.29 is 19.2 Å². The van der Waals surface area contributed by atoms with Crippen LogP contribution in [-0.4, -0.2) is 121 Å². The number of nitrogens with two attached hydrogens (primary N) is 2. The van der Waals surface area contributed by atoms with E-state index in [4.69, 9.17) is 34.7 Å². The molecule has 2 aliphatic rings. The van der Waals surface area contributed by atoms with Gasteiger partial charge in [-0.15, -0.1) is 35.0 Å². The van der Waals surface area contributed by atoms with Gasteiger partial charge in [0.05, 0.1) is 23.5 Å². The summed E-state index contributed by atoms with van der Waals surface area (Å²) in [4.78, 5) is 63.4. The Morgan fingerprint density at radius 2 is 1.06 bits per heavy atom. The number of nitrogens with zero attached hydrogens (tertiary/aromatic N) is 12. The molecule has 0 saturated carbocycles. The van der Waals surface area contributed by atoms with Crippen molar-refractivity contribution in [1.82, 2.24) is 70.8 Å². The molecular formula is C42H48Cl4N16O4. The highest BCUT2D eigenvalue weighted by molar-refractivity contribution is 6.31. The van der Waals surface area contributed by atoms with E-state index in [-0.39, 0.29) is 61.5 Å². The largest absolute Gasteiger partial charge is 0.350 e. The number of halogens is 4. The summed E-state index contributed by atoms with van der Waals surface area (Å²) in [5.74, 6) is -0.956. The summed E-state index contributed by atoms with van der Waals surface area (Å²) < 4.78 is 3.00. The molecule has 0 unspecified atom stereocenters. The maximum absolute atomic E-state index is 13.0. The van der Waals surface area contributed by atoms with Crippen molar-refractivity contribution >= 4 is 71.6 Å². The predicted molar refractivity (Wildman–Crippen MR) is 248 cm³/mol. The topological polar surface area (TPSA) is 264 Å². The fourth-order valence-electron chi connectivity index (χ4n) is 7.68.